The summed E-state index contributed by atoms with van der Waals surface area (Å²) in [5, 5.41) is 0. The summed E-state index contributed by atoms with van der Waals surface area (Å²) in [5.74, 6) is -3.76. The van der Waals surface area contributed by atoms with Crippen molar-refractivity contribution in [2.24, 2.45) is 5.73 Å². The van der Waals surface area contributed by atoms with Gasteiger partial charge in [0.15, 0.2) is 24.6 Å². The minimum atomic E-state index is -1.45. The van der Waals surface area contributed by atoms with E-state index < -0.39 is 79.8 Å². The second-order valence-corrected chi connectivity index (χ2v) is 8.10. The monoisotopic (exact) mass is 525 g/mol. The molecule has 2 rings (SSSR count). The number of carbonyl (C=O) groups is 5. The van der Waals surface area contributed by atoms with Crippen LogP contribution >= 0.6 is 0 Å². The molecule has 0 unspecified atom stereocenters. The van der Waals surface area contributed by atoms with E-state index in [1.54, 1.807) is 24.3 Å². The maximum atomic E-state index is 12.3. The number of nitrogens with two attached hydrogens (primary N) is 1. The molecule has 1 aliphatic heterocycles. The Morgan fingerprint density at radius 1 is 0.811 bits per heavy atom. The molecule has 204 valence electrons. The molecule has 0 spiro atoms. The number of esters is 5. The largest absolute Gasteiger partial charge is 0.463 e. The third kappa shape index (κ3) is 9.79. The standard InChI is InChI=1S/C24H31NO12/c1-13(26)31-12-19-20(34-14(2)27)21(35-15(3)28)22(36-16(4)29)24(37-19)33-11-18(25)23(30)32-10-17-8-6-5-7-9-17/h5-9,18-22,24H,10-12,25H2,1-4H3/t18-,19+,20-,21-,22+,24+/m0/s1. The Bertz CT molecular complexity index is 952. The zero-order chi connectivity index (χ0) is 27.5. The second kappa shape index (κ2) is 14.3. The van der Waals surface area contributed by atoms with Gasteiger partial charge in [-0.15, -0.1) is 0 Å². The van der Waals surface area contributed by atoms with Crippen molar-refractivity contribution in [3.8, 4) is 0 Å². The van der Waals surface area contributed by atoms with E-state index in [9.17, 15) is 24.0 Å². The lowest BCUT2D eigenvalue weighted by Crippen LogP contribution is -2.63. The van der Waals surface area contributed by atoms with Crippen LogP contribution in [0.25, 0.3) is 0 Å². The van der Waals surface area contributed by atoms with Gasteiger partial charge in [-0.2, -0.15) is 0 Å². The number of hydrogen-bond acceptors (Lipinski definition) is 13. The van der Waals surface area contributed by atoms with Crippen molar-refractivity contribution >= 4 is 29.8 Å². The van der Waals surface area contributed by atoms with Gasteiger partial charge in [-0.3, -0.25) is 24.0 Å². The van der Waals surface area contributed by atoms with Crippen LogP contribution in [-0.2, 0) is 63.7 Å². The first-order chi connectivity index (χ1) is 17.5. The molecule has 1 saturated heterocycles. The van der Waals surface area contributed by atoms with E-state index in [1.807, 2.05) is 6.07 Å². The van der Waals surface area contributed by atoms with E-state index in [4.69, 9.17) is 38.9 Å². The van der Waals surface area contributed by atoms with Gasteiger partial charge in [-0.25, -0.2) is 0 Å². The molecule has 0 bridgehead atoms. The Kier molecular flexibility index (Phi) is 11.4. The van der Waals surface area contributed by atoms with E-state index in [-0.39, 0.29) is 6.61 Å². The fraction of sp³-hybridized carbons (Fsp3) is 0.542. The first-order valence-corrected chi connectivity index (χ1v) is 11.4. The van der Waals surface area contributed by atoms with Gasteiger partial charge in [-0.05, 0) is 5.56 Å². The molecular weight excluding hydrogens is 494 g/mol. The van der Waals surface area contributed by atoms with Crippen LogP contribution in [0.4, 0.5) is 0 Å². The molecule has 13 nitrogen and oxygen atoms in total. The molecule has 13 heteroatoms. The molecule has 1 aliphatic rings. The molecule has 0 saturated carbocycles. The summed E-state index contributed by atoms with van der Waals surface area (Å²) in [5.41, 5.74) is 6.65. The summed E-state index contributed by atoms with van der Waals surface area (Å²) in [6.07, 6.45) is -6.78. The maximum absolute atomic E-state index is 12.3. The van der Waals surface area contributed by atoms with Crippen LogP contribution in [0.1, 0.15) is 33.3 Å². The van der Waals surface area contributed by atoms with Gasteiger partial charge in [0, 0.05) is 27.7 Å². The predicted molar refractivity (Wildman–Crippen MR) is 122 cm³/mol. The lowest BCUT2D eigenvalue weighted by Gasteiger charge is -2.44. The lowest BCUT2D eigenvalue weighted by atomic mass is 9.98. The molecule has 0 amide bonds. The molecule has 1 fully saturated rings. The van der Waals surface area contributed by atoms with Crippen molar-refractivity contribution < 1.29 is 57.1 Å². The minimum absolute atomic E-state index is 0.00752. The quantitative estimate of drug-likeness (QED) is 0.305. The zero-order valence-corrected chi connectivity index (χ0v) is 20.9. The Morgan fingerprint density at radius 2 is 1.38 bits per heavy atom. The van der Waals surface area contributed by atoms with E-state index in [0.29, 0.717) is 0 Å². The number of hydrogen-bond donors (Lipinski definition) is 1. The van der Waals surface area contributed by atoms with Gasteiger partial charge in [0.05, 0.1) is 6.61 Å². The van der Waals surface area contributed by atoms with Gasteiger partial charge in [0.1, 0.15) is 25.4 Å². The van der Waals surface area contributed by atoms with Crippen LogP contribution in [0.2, 0.25) is 0 Å². The molecule has 0 aromatic heterocycles. The first-order valence-electron chi connectivity index (χ1n) is 11.4. The normalized spacial score (nSPS) is 23.8. The van der Waals surface area contributed by atoms with Gasteiger partial charge in [0.2, 0.25) is 0 Å². The zero-order valence-electron chi connectivity index (χ0n) is 20.9. The van der Waals surface area contributed by atoms with E-state index in [0.717, 1.165) is 33.3 Å². The van der Waals surface area contributed by atoms with Gasteiger partial charge >= 0.3 is 29.8 Å². The highest BCUT2D eigenvalue weighted by Crippen LogP contribution is 2.30. The molecule has 2 N–H and O–H groups in total. The van der Waals surface area contributed by atoms with E-state index in [2.05, 4.69) is 0 Å². The van der Waals surface area contributed by atoms with Crippen molar-refractivity contribution in [2.45, 2.75) is 71.0 Å². The van der Waals surface area contributed by atoms with Gasteiger partial charge in [-0.1, -0.05) is 30.3 Å². The Morgan fingerprint density at radius 3 is 1.95 bits per heavy atom. The average molecular weight is 526 g/mol. The summed E-state index contributed by atoms with van der Waals surface area (Å²) in [6.45, 7) is 3.60. The van der Waals surface area contributed by atoms with Gasteiger partial charge in [0.25, 0.3) is 0 Å². The summed E-state index contributed by atoms with van der Waals surface area (Å²) < 4.78 is 37.5. The average Bonchev–Trinajstić information content (AvgIpc) is 2.82. The molecule has 1 aromatic carbocycles. The lowest BCUT2D eigenvalue weighted by molar-refractivity contribution is -0.308. The van der Waals surface area contributed by atoms with Crippen molar-refractivity contribution in [2.75, 3.05) is 13.2 Å². The molecule has 0 radical (unpaired) electrons. The van der Waals surface area contributed by atoms with E-state index >= 15 is 0 Å². The fourth-order valence-electron chi connectivity index (χ4n) is 3.43. The number of carbonyl (C=O) groups excluding carboxylic acids is 5. The minimum Gasteiger partial charge on any atom is -0.463 e. The molecule has 0 aliphatic carbocycles. The molecule has 37 heavy (non-hydrogen) atoms. The summed E-state index contributed by atoms with van der Waals surface area (Å²) in [7, 11) is 0. The molecule has 6 atom stereocenters. The van der Waals surface area contributed by atoms with Crippen molar-refractivity contribution in [1.82, 2.24) is 0 Å². The number of benzene rings is 1. The Hall–Kier alpha value is -3.55. The predicted octanol–water partition coefficient (Wildman–Crippen LogP) is 0.157. The number of rotatable bonds is 11. The van der Waals surface area contributed by atoms with Gasteiger partial charge < -0.3 is 38.9 Å². The topological polar surface area (TPSA) is 176 Å². The third-order valence-electron chi connectivity index (χ3n) is 4.91. The van der Waals surface area contributed by atoms with E-state index in [1.165, 1.54) is 0 Å². The van der Waals surface area contributed by atoms with Crippen molar-refractivity contribution in [3.05, 3.63) is 35.9 Å². The highest BCUT2D eigenvalue weighted by molar-refractivity contribution is 5.75. The summed E-state index contributed by atoms with van der Waals surface area (Å²) in [6, 6.07) is 7.68. The Labute approximate surface area is 213 Å². The molecule has 1 heterocycles. The summed E-state index contributed by atoms with van der Waals surface area (Å²) in [4.78, 5) is 59.2. The van der Waals surface area contributed by atoms with Crippen LogP contribution in [0.3, 0.4) is 0 Å². The van der Waals surface area contributed by atoms with Crippen LogP contribution in [0, 0.1) is 0 Å². The highest BCUT2D eigenvalue weighted by Gasteiger charge is 2.52. The molecular formula is C24H31NO12. The SMILES string of the molecule is CC(=O)OC[C@H]1O[C@@H](OC[C@H](N)C(=O)OCc2ccccc2)[C@H](OC(C)=O)[C@@H](OC(C)=O)[C@H]1OC(C)=O. The molecule has 1 aromatic rings. The van der Waals surface area contributed by atoms with Crippen molar-refractivity contribution in [1.29, 1.82) is 0 Å². The highest BCUT2D eigenvalue weighted by atomic mass is 16.7. The Balaban J connectivity index is 2.20. The van der Waals surface area contributed by atoms with Crippen LogP contribution in [-0.4, -0.2) is 79.8 Å². The maximum Gasteiger partial charge on any atom is 0.325 e. The second-order valence-electron chi connectivity index (χ2n) is 8.10. The van der Waals surface area contributed by atoms with Crippen LogP contribution < -0.4 is 5.73 Å². The summed E-state index contributed by atoms with van der Waals surface area (Å²) >= 11 is 0. The van der Waals surface area contributed by atoms with Crippen LogP contribution in [0.5, 0.6) is 0 Å². The fourth-order valence-corrected chi connectivity index (χ4v) is 3.43. The smallest absolute Gasteiger partial charge is 0.325 e. The first kappa shape index (κ1) is 29.7. The number of ether oxygens (including phenoxy) is 7. The van der Waals surface area contributed by atoms with Crippen molar-refractivity contribution in [3.63, 3.8) is 0 Å². The van der Waals surface area contributed by atoms with Crippen LogP contribution in [0.15, 0.2) is 30.3 Å². The third-order valence-corrected chi connectivity index (χ3v) is 4.91.